The number of nitrogens with one attached hydrogen (secondary N) is 2. The highest BCUT2D eigenvalue weighted by atomic mass is 35.5. The number of ether oxygens (including phenoxy) is 2. The van der Waals surface area contributed by atoms with Gasteiger partial charge in [0.2, 0.25) is 5.91 Å². The van der Waals surface area contributed by atoms with Crippen LogP contribution in [0.5, 0.6) is 0 Å². The summed E-state index contributed by atoms with van der Waals surface area (Å²) >= 11 is 0. The zero-order valence-electron chi connectivity index (χ0n) is 13.6. The van der Waals surface area contributed by atoms with Crippen molar-refractivity contribution in [3.05, 3.63) is 0 Å². The molecule has 2 N–H and O–H groups in total. The molecule has 2 rings (SSSR count). The fourth-order valence-electron chi connectivity index (χ4n) is 3.42. The van der Waals surface area contributed by atoms with Crippen molar-refractivity contribution in [3.8, 4) is 0 Å². The Morgan fingerprint density at radius 2 is 1.95 bits per heavy atom. The first kappa shape index (κ1) is 19.2. The Labute approximate surface area is 138 Å². The van der Waals surface area contributed by atoms with Crippen LogP contribution < -0.4 is 10.6 Å². The van der Waals surface area contributed by atoms with Crippen LogP contribution in [0.25, 0.3) is 0 Å². The molecular weight excluding hydrogens is 308 g/mol. The van der Waals surface area contributed by atoms with Gasteiger partial charge in [0.25, 0.3) is 0 Å². The lowest BCUT2D eigenvalue weighted by Crippen LogP contribution is -2.52. The average Bonchev–Trinajstić information content (AvgIpc) is 3.13. The topological polar surface area (TPSA) is 76.7 Å². The van der Waals surface area contributed by atoms with Gasteiger partial charge in [-0.15, -0.1) is 12.4 Å². The molecule has 1 aliphatic carbocycles. The van der Waals surface area contributed by atoms with E-state index in [0.717, 1.165) is 32.4 Å². The molecule has 1 saturated carbocycles. The quantitative estimate of drug-likeness (QED) is 0.705. The van der Waals surface area contributed by atoms with Crippen LogP contribution in [0.4, 0.5) is 0 Å². The Bertz CT molecular complexity index is 412. The number of piperidine rings is 1. The first-order chi connectivity index (χ1) is 9.95. The van der Waals surface area contributed by atoms with Crippen LogP contribution in [0.1, 0.15) is 32.6 Å². The summed E-state index contributed by atoms with van der Waals surface area (Å²) in [6.45, 7) is 4.08. The van der Waals surface area contributed by atoms with Crippen molar-refractivity contribution in [2.45, 2.75) is 38.1 Å². The molecule has 1 saturated heterocycles. The van der Waals surface area contributed by atoms with Gasteiger partial charge >= 0.3 is 5.97 Å². The molecule has 1 amide bonds. The summed E-state index contributed by atoms with van der Waals surface area (Å²) in [5.74, 6) is -0.226. The van der Waals surface area contributed by atoms with Gasteiger partial charge < -0.3 is 20.1 Å². The zero-order valence-corrected chi connectivity index (χ0v) is 14.4. The lowest BCUT2D eigenvalue weighted by Gasteiger charge is -2.30. The first-order valence-corrected chi connectivity index (χ1v) is 7.53. The number of carbonyl (C=O) groups excluding carboxylic acids is 2. The number of carbonyl (C=O) groups is 2. The van der Waals surface area contributed by atoms with Gasteiger partial charge in [0.05, 0.1) is 25.7 Å². The molecule has 0 aromatic heterocycles. The van der Waals surface area contributed by atoms with Crippen molar-refractivity contribution in [3.63, 3.8) is 0 Å². The van der Waals surface area contributed by atoms with Gasteiger partial charge in [-0.25, -0.2) is 0 Å². The minimum Gasteiger partial charge on any atom is -0.469 e. The van der Waals surface area contributed by atoms with E-state index in [1.165, 1.54) is 7.11 Å². The number of esters is 1. The third-order valence-electron chi connectivity index (χ3n) is 4.76. The fraction of sp³-hybridized carbons (Fsp3) is 0.867. The Hall–Kier alpha value is -0.850. The third-order valence-corrected chi connectivity index (χ3v) is 4.76. The molecule has 0 radical (unpaired) electrons. The maximum atomic E-state index is 12.5. The van der Waals surface area contributed by atoms with Crippen molar-refractivity contribution >= 4 is 24.3 Å². The normalized spacial score (nSPS) is 24.8. The van der Waals surface area contributed by atoms with E-state index in [1.807, 2.05) is 6.92 Å². The van der Waals surface area contributed by atoms with E-state index in [-0.39, 0.29) is 48.6 Å². The lowest BCUT2D eigenvalue weighted by atomic mass is 9.91. The summed E-state index contributed by atoms with van der Waals surface area (Å²) in [5, 5.41) is 6.34. The number of amides is 1. The number of methoxy groups -OCH3 is 2. The minimum atomic E-state index is -0.713. The van der Waals surface area contributed by atoms with Crippen LogP contribution in [0, 0.1) is 11.3 Å². The summed E-state index contributed by atoms with van der Waals surface area (Å²) < 4.78 is 9.86. The van der Waals surface area contributed by atoms with E-state index < -0.39 is 5.54 Å². The van der Waals surface area contributed by atoms with E-state index in [2.05, 4.69) is 10.6 Å². The third kappa shape index (κ3) is 4.33. The van der Waals surface area contributed by atoms with Crippen LogP contribution in [0.3, 0.4) is 0 Å². The maximum Gasteiger partial charge on any atom is 0.307 e. The summed E-state index contributed by atoms with van der Waals surface area (Å²) in [6, 6.07) is 0. The predicted molar refractivity (Wildman–Crippen MR) is 84.9 cm³/mol. The van der Waals surface area contributed by atoms with Gasteiger partial charge in [-0.2, -0.15) is 0 Å². The van der Waals surface area contributed by atoms with E-state index in [9.17, 15) is 9.59 Å². The SMILES string of the molecule is COCC(C)(CC(=O)OC)NC(=O)C1CC12CCNCC2.Cl. The van der Waals surface area contributed by atoms with Crippen molar-refractivity contribution in [2.24, 2.45) is 11.3 Å². The Morgan fingerprint density at radius 1 is 1.32 bits per heavy atom. The lowest BCUT2D eigenvalue weighted by molar-refractivity contribution is -0.143. The molecule has 0 aromatic carbocycles. The van der Waals surface area contributed by atoms with Crippen LogP contribution in [0.2, 0.25) is 0 Å². The molecule has 2 fully saturated rings. The molecule has 6 nitrogen and oxygen atoms in total. The van der Waals surface area contributed by atoms with Crippen molar-refractivity contribution in [1.82, 2.24) is 10.6 Å². The monoisotopic (exact) mass is 334 g/mol. The Balaban J connectivity index is 0.00000242. The van der Waals surface area contributed by atoms with Crippen molar-refractivity contribution in [1.29, 1.82) is 0 Å². The smallest absolute Gasteiger partial charge is 0.307 e. The molecule has 128 valence electrons. The average molecular weight is 335 g/mol. The molecule has 2 atom stereocenters. The molecule has 0 bridgehead atoms. The summed E-state index contributed by atoms with van der Waals surface area (Å²) in [6.07, 6.45) is 3.19. The van der Waals surface area contributed by atoms with Crippen LogP contribution in [0.15, 0.2) is 0 Å². The van der Waals surface area contributed by atoms with Gasteiger partial charge in [-0.05, 0) is 44.7 Å². The number of halogens is 1. The predicted octanol–water partition coefficient (Wildman–Crippen LogP) is 0.882. The van der Waals surface area contributed by atoms with Crippen molar-refractivity contribution < 1.29 is 19.1 Å². The van der Waals surface area contributed by atoms with Crippen LogP contribution >= 0.6 is 12.4 Å². The summed E-state index contributed by atoms with van der Waals surface area (Å²) in [5.41, 5.74) is -0.524. The molecule has 1 aliphatic heterocycles. The van der Waals surface area contributed by atoms with Gasteiger partial charge in [0.15, 0.2) is 0 Å². The van der Waals surface area contributed by atoms with Gasteiger partial charge in [-0.3, -0.25) is 9.59 Å². The van der Waals surface area contributed by atoms with Gasteiger partial charge in [-0.1, -0.05) is 0 Å². The molecule has 0 aromatic rings. The highest BCUT2D eigenvalue weighted by Gasteiger charge is 2.58. The van der Waals surface area contributed by atoms with Crippen LogP contribution in [-0.2, 0) is 19.1 Å². The number of rotatable bonds is 6. The standard InChI is InChI=1S/C15H26N2O4.ClH/c1-14(10-20-2,9-12(18)21-3)17-13(19)11-8-15(11)4-6-16-7-5-15;/h11,16H,4-10H2,1-3H3,(H,17,19);1H. The highest BCUT2D eigenvalue weighted by molar-refractivity contribution is 5.85. The molecule has 22 heavy (non-hydrogen) atoms. The second-order valence-corrected chi connectivity index (χ2v) is 6.60. The van der Waals surface area contributed by atoms with E-state index in [0.29, 0.717) is 0 Å². The van der Waals surface area contributed by atoms with E-state index in [4.69, 9.17) is 9.47 Å². The first-order valence-electron chi connectivity index (χ1n) is 7.53. The maximum absolute atomic E-state index is 12.5. The Morgan fingerprint density at radius 3 is 2.50 bits per heavy atom. The molecule has 2 aliphatic rings. The second kappa shape index (κ2) is 7.62. The summed E-state index contributed by atoms with van der Waals surface area (Å²) in [7, 11) is 2.91. The molecule has 7 heteroatoms. The zero-order chi connectivity index (χ0) is 15.5. The van der Waals surface area contributed by atoms with E-state index in [1.54, 1.807) is 7.11 Å². The molecular formula is C15H27ClN2O4. The summed E-state index contributed by atoms with van der Waals surface area (Å²) in [4.78, 5) is 24.0. The van der Waals surface area contributed by atoms with Gasteiger partial charge in [0, 0.05) is 13.0 Å². The molecule has 1 heterocycles. The number of hydrogen-bond acceptors (Lipinski definition) is 5. The van der Waals surface area contributed by atoms with Crippen LogP contribution in [-0.4, -0.2) is 51.3 Å². The van der Waals surface area contributed by atoms with Gasteiger partial charge in [0.1, 0.15) is 0 Å². The Kier molecular flexibility index (Phi) is 6.65. The number of hydrogen-bond donors (Lipinski definition) is 2. The second-order valence-electron chi connectivity index (χ2n) is 6.60. The highest BCUT2D eigenvalue weighted by Crippen LogP contribution is 2.58. The molecule has 2 unspecified atom stereocenters. The van der Waals surface area contributed by atoms with E-state index >= 15 is 0 Å². The largest absolute Gasteiger partial charge is 0.469 e. The fourth-order valence-corrected chi connectivity index (χ4v) is 3.42. The molecule has 1 spiro atoms. The minimum absolute atomic E-state index is 0. The van der Waals surface area contributed by atoms with Crippen molar-refractivity contribution in [2.75, 3.05) is 33.9 Å².